The Labute approximate surface area is 132 Å². The van der Waals surface area contributed by atoms with Gasteiger partial charge < -0.3 is 15.6 Å². The molecule has 1 aliphatic rings. The first kappa shape index (κ1) is 16.8. The quantitative estimate of drug-likeness (QED) is 0.801. The van der Waals surface area contributed by atoms with Crippen LogP contribution < -0.4 is 10.5 Å². The zero-order chi connectivity index (χ0) is 15.9. The monoisotopic (exact) mass is 306 g/mol. The second-order valence-corrected chi connectivity index (χ2v) is 5.99. The smallest absolute Gasteiger partial charge is 0.255 e. The number of benzene rings is 1. The molecule has 0 bridgehead atoms. The van der Waals surface area contributed by atoms with Gasteiger partial charge in [-0.15, -0.1) is 0 Å². The van der Waals surface area contributed by atoms with Crippen molar-refractivity contribution >= 4 is 5.91 Å². The van der Waals surface area contributed by atoms with Gasteiger partial charge in [-0.3, -0.25) is 9.69 Å². The van der Waals surface area contributed by atoms with E-state index in [1.54, 1.807) is 0 Å². The van der Waals surface area contributed by atoms with Crippen molar-refractivity contribution in [2.75, 3.05) is 19.7 Å². The van der Waals surface area contributed by atoms with E-state index in [0.29, 0.717) is 11.7 Å². The average molecular weight is 306 g/mol. The third-order valence-electron chi connectivity index (χ3n) is 4.31. The van der Waals surface area contributed by atoms with Crippen LogP contribution in [0.1, 0.15) is 31.7 Å². The fraction of sp³-hybridized carbons (Fsp3) is 0.588. The van der Waals surface area contributed by atoms with E-state index in [2.05, 4.69) is 4.90 Å². The first-order valence-corrected chi connectivity index (χ1v) is 7.99. The number of ether oxygens (including phenoxy) is 1. The van der Waals surface area contributed by atoms with Crippen molar-refractivity contribution in [2.45, 2.75) is 38.8 Å². The van der Waals surface area contributed by atoms with E-state index >= 15 is 0 Å². The van der Waals surface area contributed by atoms with Crippen LogP contribution in [0.2, 0.25) is 0 Å². The predicted molar refractivity (Wildman–Crippen MR) is 85.4 cm³/mol. The highest BCUT2D eigenvalue weighted by molar-refractivity contribution is 5.75. The van der Waals surface area contributed by atoms with Crippen molar-refractivity contribution in [1.82, 2.24) is 4.90 Å². The molecule has 22 heavy (non-hydrogen) atoms. The predicted octanol–water partition coefficient (Wildman–Crippen LogP) is 1.53. The molecule has 0 radical (unpaired) electrons. The Morgan fingerprint density at radius 3 is 2.55 bits per heavy atom. The molecule has 1 amide bonds. The van der Waals surface area contributed by atoms with Crippen molar-refractivity contribution in [1.29, 1.82) is 0 Å². The largest absolute Gasteiger partial charge is 0.484 e. The number of hydrogen-bond acceptors (Lipinski definition) is 4. The summed E-state index contributed by atoms with van der Waals surface area (Å²) >= 11 is 0. The van der Waals surface area contributed by atoms with Crippen molar-refractivity contribution in [2.24, 2.45) is 11.7 Å². The number of primary amides is 1. The van der Waals surface area contributed by atoms with Gasteiger partial charge in [0.15, 0.2) is 6.61 Å². The van der Waals surface area contributed by atoms with Gasteiger partial charge in [0, 0.05) is 6.54 Å². The van der Waals surface area contributed by atoms with E-state index in [4.69, 9.17) is 10.5 Å². The molecule has 0 aliphatic carbocycles. The van der Waals surface area contributed by atoms with Crippen molar-refractivity contribution < 1.29 is 14.6 Å². The molecule has 5 heteroatoms. The van der Waals surface area contributed by atoms with Crippen molar-refractivity contribution in [3.8, 4) is 5.75 Å². The summed E-state index contributed by atoms with van der Waals surface area (Å²) in [7, 11) is 0. The summed E-state index contributed by atoms with van der Waals surface area (Å²) < 4.78 is 5.25. The summed E-state index contributed by atoms with van der Waals surface area (Å²) in [4.78, 5) is 13.1. The minimum absolute atomic E-state index is 0.0907. The standard InChI is InChI=1S/C17H26N2O3/c1-2-16(20)14-7-9-19(10-8-14)11-13-3-5-15(6-4-13)22-12-17(18)21/h3-6,14,16,20H,2,7-12H2,1H3,(H2,18,21)/t16-/m0/s1. The van der Waals surface area contributed by atoms with E-state index in [1.165, 1.54) is 5.56 Å². The molecule has 2 rings (SSSR count). The lowest BCUT2D eigenvalue weighted by Gasteiger charge is -2.34. The molecule has 0 aromatic heterocycles. The van der Waals surface area contributed by atoms with Crippen LogP contribution in [-0.4, -0.2) is 41.7 Å². The van der Waals surface area contributed by atoms with Gasteiger partial charge >= 0.3 is 0 Å². The maximum Gasteiger partial charge on any atom is 0.255 e. The molecular weight excluding hydrogens is 280 g/mol. The molecule has 0 unspecified atom stereocenters. The molecule has 5 nitrogen and oxygen atoms in total. The maximum absolute atomic E-state index is 10.7. The molecule has 0 spiro atoms. The SMILES string of the molecule is CC[C@H](O)C1CCN(Cc2ccc(OCC(N)=O)cc2)CC1. The highest BCUT2D eigenvalue weighted by Gasteiger charge is 2.23. The van der Waals surface area contributed by atoms with Crippen molar-refractivity contribution in [3.63, 3.8) is 0 Å². The molecule has 1 aliphatic heterocycles. The fourth-order valence-corrected chi connectivity index (χ4v) is 2.93. The van der Waals surface area contributed by atoms with Crippen LogP contribution in [0, 0.1) is 5.92 Å². The summed E-state index contributed by atoms with van der Waals surface area (Å²) in [5, 5.41) is 9.91. The van der Waals surface area contributed by atoms with E-state index in [9.17, 15) is 9.90 Å². The molecule has 1 saturated heterocycles. The number of nitrogens with two attached hydrogens (primary N) is 1. The maximum atomic E-state index is 10.7. The molecule has 1 heterocycles. The Balaban J connectivity index is 1.78. The molecular formula is C17H26N2O3. The van der Waals surface area contributed by atoms with Gasteiger partial charge in [0.05, 0.1) is 6.10 Å². The number of hydrogen-bond donors (Lipinski definition) is 2. The Kier molecular flexibility index (Phi) is 6.21. The van der Waals surface area contributed by atoms with Crippen LogP contribution in [0.15, 0.2) is 24.3 Å². The molecule has 1 aromatic carbocycles. The number of piperidine rings is 1. The molecule has 1 aromatic rings. The van der Waals surface area contributed by atoms with Gasteiger partial charge in [0.2, 0.25) is 0 Å². The summed E-state index contributed by atoms with van der Waals surface area (Å²) in [5.41, 5.74) is 6.27. The summed E-state index contributed by atoms with van der Waals surface area (Å²) in [6.45, 7) is 4.92. The average Bonchev–Trinajstić information content (AvgIpc) is 2.54. The number of nitrogens with zero attached hydrogens (tertiary/aromatic N) is 1. The summed E-state index contributed by atoms with van der Waals surface area (Å²) in [6.07, 6.45) is 2.82. The van der Waals surface area contributed by atoms with Gasteiger partial charge in [-0.05, 0) is 56.0 Å². The minimum atomic E-state index is -0.471. The third kappa shape index (κ3) is 5.00. The number of amides is 1. The Bertz CT molecular complexity index is 467. The van der Waals surface area contributed by atoms with Crippen LogP contribution in [0.3, 0.4) is 0 Å². The first-order chi connectivity index (χ1) is 10.6. The molecule has 122 valence electrons. The van der Waals surface area contributed by atoms with Crippen LogP contribution >= 0.6 is 0 Å². The van der Waals surface area contributed by atoms with Gasteiger partial charge in [0.25, 0.3) is 5.91 Å². The number of carbonyl (C=O) groups excluding carboxylic acids is 1. The van der Waals surface area contributed by atoms with Gasteiger partial charge in [-0.1, -0.05) is 19.1 Å². The lowest BCUT2D eigenvalue weighted by molar-refractivity contribution is -0.119. The van der Waals surface area contributed by atoms with E-state index in [-0.39, 0.29) is 12.7 Å². The normalized spacial score (nSPS) is 18.1. The zero-order valence-electron chi connectivity index (χ0n) is 13.2. The third-order valence-corrected chi connectivity index (χ3v) is 4.31. The Hall–Kier alpha value is -1.59. The van der Waals surface area contributed by atoms with Crippen LogP contribution in [0.4, 0.5) is 0 Å². The zero-order valence-corrected chi connectivity index (χ0v) is 13.2. The summed E-state index contributed by atoms with van der Waals surface area (Å²) in [5.74, 6) is 0.638. The van der Waals surface area contributed by atoms with Gasteiger partial charge in [-0.25, -0.2) is 0 Å². The van der Waals surface area contributed by atoms with Gasteiger partial charge in [0.1, 0.15) is 5.75 Å². The van der Waals surface area contributed by atoms with E-state index < -0.39 is 5.91 Å². The highest BCUT2D eigenvalue weighted by Crippen LogP contribution is 2.23. The number of carbonyl (C=O) groups is 1. The molecule has 1 fully saturated rings. The number of aliphatic hydroxyl groups excluding tert-OH is 1. The molecule has 1 atom stereocenters. The van der Waals surface area contributed by atoms with E-state index in [0.717, 1.165) is 38.9 Å². The topological polar surface area (TPSA) is 75.8 Å². The second-order valence-electron chi connectivity index (χ2n) is 5.99. The second kappa shape index (κ2) is 8.15. The number of rotatable bonds is 7. The van der Waals surface area contributed by atoms with Crippen molar-refractivity contribution in [3.05, 3.63) is 29.8 Å². The minimum Gasteiger partial charge on any atom is -0.484 e. The fourth-order valence-electron chi connectivity index (χ4n) is 2.93. The first-order valence-electron chi connectivity index (χ1n) is 7.99. The number of likely N-dealkylation sites (tertiary alicyclic amines) is 1. The Morgan fingerprint density at radius 2 is 2.00 bits per heavy atom. The van der Waals surface area contributed by atoms with E-state index in [1.807, 2.05) is 31.2 Å². The molecule has 0 saturated carbocycles. The molecule has 3 N–H and O–H groups in total. The number of aliphatic hydroxyl groups is 1. The van der Waals surface area contributed by atoms with Crippen LogP contribution in [-0.2, 0) is 11.3 Å². The highest BCUT2D eigenvalue weighted by atomic mass is 16.5. The lowest BCUT2D eigenvalue weighted by atomic mass is 9.90. The van der Waals surface area contributed by atoms with Crippen LogP contribution in [0.5, 0.6) is 5.75 Å². The lowest BCUT2D eigenvalue weighted by Crippen LogP contribution is -2.37. The van der Waals surface area contributed by atoms with Crippen LogP contribution in [0.25, 0.3) is 0 Å². The summed E-state index contributed by atoms with van der Waals surface area (Å²) in [6, 6.07) is 7.77. The van der Waals surface area contributed by atoms with Gasteiger partial charge in [-0.2, -0.15) is 0 Å². The Morgan fingerprint density at radius 1 is 1.36 bits per heavy atom.